The van der Waals surface area contributed by atoms with E-state index in [-0.39, 0.29) is 12.0 Å². The van der Waals surface area contributed by atoms with Crippen molar-refractivity contribution in [3.63, 3.8) is 0 Å². The minimum absolute atomic E-state index is 0.102. The number of nitrogens with one attached hydrogen (secondary N) is 1. The van der Waals surface area contributed by atoms with Gasteiger partial charge < -0.3 is 14.8 Å². The van der Waals surface area contributed by atoms with Crippen LogP contribution in [-0.2, 0) is 11.2 Å². The molecule has 5 heteroatoms. The van der Waals surface area contributed by atoms with Crippen LogP contribution in [0.2, 0.25) is 5.02 Å². The fraction of sp³-hybridized carbons (Fsp3) is 0.409. The summed E-state index contributed by atoms with van der Waals surface area (Å²) in [6.07, 6.45) is 1.95. The van der Waals surface area contributed by atoms with Gasteiger partial charge in [0.2, 0.25) is 0 Å². The number of aryl methyl sites for hydroxylation is 1. The van der Waals surface area contributed by atoms with Crippen molar-refractivity contribution in [3.05, 3.63) is 59.1 Å². The Morgan fingerprint density at radius 2 is 1.78 bits per heavy atom. The minimum Gasteiger partial charge on any atom is -0.491 e. The third-order valence-electron chi connectivity index (χ3n) is 3.95. The summed E-state index contributed by atoms with van der Waals surface area (Å²) >= 11 is 5.96. The number of benzene rings is 2. The van der Waals surface area contributed by atoms with Crippen molar-refractivity contribution in [2.24, 2.45) is 0 Å². The van der Waals surface area contributed by atoms with E-state index in [0.717, 1.165) is 18.6 Å². The molecule has 0 aliphatic heterocycles. The van der Waals surface area contributed by atoms with Crippen LogP contribution in [-0.4, -0.2) is 24.7 Å². The van der Waals surface area contributed by atoms with E-state index in [1.807, 2.05) is 32.9 Å². The van der Waals surface area contributed by atoms with Crippen LogP contribution in [0.15, 0.2) is 48.5 Å². The van der Waals surface area contributed by atoms with Gasteiger partial charge in [-0.3, -0.25) is 4.79 Å². The number of hydrogen-bond acceptors (Lipinski definition) is 3. The van der Waals surface area contributed by atoms with E-state index in [1.54, 1.807) is 24.3 Å². The molecule has 0 spiro atoms. The minimum atomic E-state index is -0.522. The first kappa shape index (κ1) is 21.1. The summed E-state index contributed by atoms with van der Waals surface area (Å²) in [7, 11) is 0. The summed E-state index contributed by atoms with van der Waals surface area (Å²) in [5.74, 6) is 1.38. The third-order valence-corrected chi connectivity index (χ3v) is 4.18. The molecule has 0 saturated carbocycles. The van der Waals surface area contributed by atoms with Crippen molar-refractivity contribution < 1.29 is 14.3 Å². The Kier molecular flexibility index (Phi) is 8.46. The van der Waals surface area contributed by atoms with E-state index in [1.165, 1.54) is 5.56 Å². The molecule has 0 saturated heterocycles. The van der Waals surface area contributed by atoms with E-state index in [4.69, 9.17) is 21.1 Å². The largest absolute Gasteiger partial charge is 0.491 e. The molecule has 0 aromatic heterocycles. The van der Waals surface area contributed by atoms with Crippen molar-refractivity contribution in [3.8, 4) is 11.5 Å². The molecule has 0 fully saturated rings. The Balaban J connectivity index is 1.77. The molecule has 2 aromatic carbocycles. The van der Waals surface area contributed by atoms with Crippen LogP contribution in [0, 0.1) is 0 Å². The maximum atomic E-state index is 12.4. The van der Waals surface area contributed by atoms with Gasteiger partial charge in [-0.2, -0.15) is 0 Å². The smallest absolute Gasteiger partial charge is 0.261 e. The van der Waals surface area contributed by atoms with Crippen molar-refractivity contribution in [1.29, 1.82) is 0 Å². The first-order chi connectivity index (χ1) is 13.0. The van der Waals surface area contributed by atoms with Gasteiger partial charge in [0, 0.05) is 11.6 Å². The summed E-state index contributed by atoms with van der Waals surface area (Å²) in [6.45, 7) is 6.55. The highest BCUT2D eigenvalue weighted by Crippen LogP contribution is 2.19. The summed E-state index contributed by atoms with van der Waals surface area (Å²) in [4.78, 5) is 12.4. The Morgan fingerprint density at radius 1 is 1.07 bits per heavy atom. The quantitative estimate of drug-likeness (QED) is 0.579. The highest BCUT2D eigenvalue weighted by atomic mass is 35.5. The van der Waals surface area contributed by atoms with Crippen LogP contribution in [0.1, 0.15) is 39.2 Å². The average molecular weight is 390 g/mol. The number of carbonyl (C=O) groups excluding carboxylic acids is 1. The summed E-state index contributed by atoms with van der Waals surface area (Å²) in [6, 6.07) is 15.2. The molecule has 0 aliphatic rings. The van der Waals surface area contributed by atoms with Gasteiger partial charge in [0.25, 0.3) is 5.91 Å². The van der Waals surface area contributed by atoms with Gasteiger partial charge in [-0.15, -0.1) is 0 Å². The van der Waals surface area contributed by atoms with Crippen LogP contribution in [0.5, 0.6) is 11.5 Å². The van der Waals surface area contributed by atoms with Gasteiger partial charge >= 0.3 is 0 Å². The first-order valence-electron chi connectivity index (χ1n) is 9.43. The zero-order valence-corrected chi connectivity index (χ0v) is 17.0. The van der Waals surface area contributed by atoms with Crippen LogP contribution in [0.4, 0.5) is 0 Å². The summed E-state index contributed by atoms with van der Waals surface area (Å²) in [5.41, 5.74) is 1.20. The molecular weight excluding hydrogens is 362 g/mol. The lowest BCUT2D eigenvalue weighted by Gasteiger charge is -2.17. The van der Waals surface area contributed by atoms with E-state index in [0.29, 0.717) is 23.7 Å². The van der Waals surface area contributed by atoms with Crippen LogP contribution < -0.4 is 14.8 Å². The summed E-state index contributed by atoms with van der Waals surface area (Å²) in [5, 5.41) is 3.55. The standard InChI is InChI=1S/C22H28ClNO3/c1-4-21(27-20-12-6-10-18(23)15-20)22(25)24-13-7-9-17-8-5-11-19(14-17)26-16(2)3/h5-6,8,10-12,14-16,21H,4,7,9,13H2,1-3H3,(H,24,25)/t21-/m0/s1. The molecule has 2 aromatic rings. The van der Waals surface area contributed by atoms with Gasteiger partial charge in [-0.05, 0) is 69.0 Å². The lowest BCUT2D eigenvalue weighted by molar-refractivity contribution is -0.128. The molecular formula is C22H28ClNO3. The molecule has 1 N–H and O–H groups in total. The Labute approximate surface area is 166 Å². The molecule has 146 valence electrons. The SMILES string of the molecule is CC[C@H](Oc1cccc(Cl)c1)C(=O)NCCCc1cccc(OC(C)C)c1. The highest BCUT2D eigenvalue weighted by Gasteiger charge is 2.17. The Morgan fingerprint density at radius 3 is 2.44 bits per heavy atom. The molecule has 0 radical (unpaired) electrons. The monoisotopic (exact) mass is 389 g/mol. The highest BCUT2D eigenvalue weighted by molar-refractivity contribution is 6.30. The van der Waals surface area contributed by atoms with Crippen LogP contribution >= 0.6 is 11.6 Å². The number of carbonyl (C=O) groups is 1. The van der Waals surface area contributed by atoms with Crippen LogP contribution in [0.25, 0.3) is 0 Å². The van der Waals surface area contributed by atoms with E-state index < -0.39 is 6.10 Å². The topological polar surface area (TPSA) is 47.6 Å². The third kappa shape index (κ3) is 7.51. The molecule has 0 aliphatic carbocycles. The maximum Gasteiger partial charge on any atom is 0.261 e. The molecule has 4 nitrogen and oxygen atoms in total. The first-order valence-corrected chi connectivity index (χ1v) is 9.81. The Bertz CT molecular complexity index is 733. The van der Waals surface area contributed by atoms with Gasteiger partial charge in [0.05, 0.1) is 6.10 Å². The van der Waals surface area contributed by atoms with Crippen LogP contribution in [0.3, 0.4) is 0 Å². The second-order valence-electron chi connectivity index (χ2n) is 6.68. The van der Waals surface area contributed by atoms with Crippen molar-refractivity contribution in [1.82, 2.24) is 5.32 Å². The predicted molar refractivity (Wildman–Crippen MR) is 110 cm³/mol. The maximum absolute atomic E-state index is 12.4. The number of hydrogen-bond donors (Lipinski definition) is 1. The normalized spacial score (nSPS) is 11.9. The lowest BCUT2D eigenvalue weighted by Crippen LogP contribution is -2.38. The van der Waals surface area contributed by atoms with Crippen molar-refractivity contribution >= 4 is 17.5 Å². The molecule has 1 amide bonds. The van der Waals surface area contributed by atoms with E-state index >= 15 is 0 Å². The second kappa shape index (κ2) is 10.8. The Hall–Kier alpha value is -2.20. The number of rotatable bonds is 10. The van der Waals surface area contributed by atoms with E-state index in [9.17, 15) is 4.79 Å². The molecule has 0 heterocycles. The number of amides is 1. The number of ether oxygens (including phenoxy) is 2. The fourth-order valence-electron chi connectivity index (χ4n) is 2.69. The van der Waals surface area contributed by atoms with Gasteiger partial charge in [0.15, 0.2) is 6.10 Å². The summed E-state index contributed by atoms with van der Waals surface area (Å²) < 4.78 is 11.5. The predicted octanol–water partition coefficient (Wildman–Crippen LogP) is 5.03. The van der Waals surface area contributed by atoms with Crippen molar-refractivity contribution in [2.45, 2.75) is 52.2 Å². The van der Waals surface area contributed by atoms with Gasteiger partial charge in [0.1, 0.15) is 11.5 Å². The molecule has 0 unspecified atom stereocenters. The average Bonchev–Trinajstić information content (AvgIpc) is 2.63. The molecule has 1 atom stereocenters. The zero-order valence-electron chi connectivity index (χ0n) is 16.2. The zero-order chi connectivity index (χ0) is 19.6. The van der Waals surface area contributed by atoms with Gasteiger partial charge in [-0.1, -0.05) is 36.7 Å². The van der Waals surface area contributed by atoms with E-state index in [2.05, 4.69) is 17.4 Å². The lowest BCUT2D eigenvalue weighted by atomic mass is 10.1. The molecule has 0 bridgehead atoms. The van der Waals surface area contributed by atoms with Gasteiger partial charge in [-0.25, -0.2) is 0 Å². The number of halogens is 1. The molecule has 2 rings (SSSR count). The molecule has 27 heavy (non-hydrogen) atoms. The van der Waals surface area contributed by atoms with Crippen molar-refractivity contribution in [2.75, 3.05) is 6.54 Å². The second-order valence-corrected chi connectivity index (χ2v) is 7.12. The fourth-order valence-corrected chi connectivity index (χ4v) is 2.87.